The second-order valence-corrected chi connectivity index (χ2v) is 8.14. The third kappa shape index (κ3) is 4.41. The summed E-state index contributed by atoms with van der Waals surface area (Å²) in [6, 6.07) is 11.7. The molecule has 0 amide bonds. The van der Waals surface area contributed by atoms with Gasteiger partial charge in [-0.3, -0.25) is 4.21 Å². The van der Waals surface area contributed by atoms with Crippen molar-refractivity contribution >= 4 is 22.2 Å². The summed E-state index contributed by atoms with van der Waals surface area (Å²) in [7, 11) is -1.23. The zero-order chi connectivity index (χ0) is 21.4. The van der Waals surface area contributed by atoms with Gasteiger partial charge in [0.2, 0.25) is 5.82 Å². The zero-order valence-corrected chi connectivity index (χ0v) is 16.2. The van der Waals surface area contributed by atoms with E-state index in [0.717, 1.165) is 12.1 Å². The third-order valence-electron chi connectivity index (χ3n) is 4.45. The summed E-state index contributed by atoms with van der Waals surface area (Å²) in [5.41, 5.74) is -0.402. The van der Waals surface area contributed by atoms with Crippen LogP contribution in [0.1, 0.15) is 5.56 Å². The minimum absolute atomic E-state index is 0.00323. The molecule has 2 unspecified atom stereocenters. The molecule has 30 heavy (non-hydrogen) atoms. The average molecular weight is 435 g/mol. The third-order valence-corrected chi connectivity index (χ3v) is 5.67. The SMILES string of the molecule is O=S1C=CC(O)(Cn2nnc(-c3ccccc3Nc3ccc(C(F)(F)F)cc3)n2)C1. The molecular formula is C19H16F3N5O2S. The largest absolute Gasteiger partial charge is 0.416 e. The number of benzene rings is 2. The fourth-order valence-corrected chi connectivity index (χ4v) is 4.17. The lowest BCUT2D eigenvalue weighted by Crippen LogP contribution is -2.35. The summed E-state index contributed by atoms with van der Waals surface area (Å²) >= 11 is 0. The lowest BCUT2D eigenvalue weighted by Gasteiger charge is -2.17. The molecular weight excluding hydrogens is 419 g/mol. The van der Waals surface area contributed by atoms with Crippen LogP contribution in [-0.4, -0.2) is 40.9 Å². The molecule has 2 atom stereocenters. The molecule has 2 heterocycles. The van der Waals surface area contributed by atoms with Gasteiger partial charge in [-0.25, -0.2) is 0 Å². The Balaban J connectivity index is 1.55. The van der Waals surface area contributed by atoms with Crippen LogP contribution in [0.25, 0.3) is 11.4 Å². The lowest BCUT2D eigenvalue weighted by molar-refractivity contribution is -0.137. The Morgan fingerprint density at radius 1 is 1.17 bits per heavy atom. The van der Waals surface area contributed by atoms with E-state index in [1.165, 1.54) is 28.4 Å². The van der Waals surface area contributed by atoms with Gasteiger partial charge in [0.15, 0.2) is 0 Å². The Hall–Kier alpha value is -3.05. The monoisotopic (exact) mass is 435 g/mol. The normalized spacial score (nSPS) is 21.1. The van der Waals surface area contributed by atoms with Gasteiger partial charge >= 0.3 is 6.18 Å². The maximum atomic E-state index is 12.7. The Labute approximate surface area is 171 Å². The van der Waals surface area contributed by atoms with Crippen molar-refractivity contribution in [2.45, 2.75) is 18.3 Å². The van der Waals surface area contributed by atoms with Crippen molar-refractivity contribution in [1.82, 2.24) is 20.2 Å². The van der Waals surface area contributed by atoms with E-state index >= 15 is 0 Å². The Morgan fingerprint density at radius 3 is 2.57 bits per heavy atom. The number of nitrogens with zero attached hydrogens (tertiary/aromatic N) is 4. The molecule has 0 fully saturated rings. The fraction of sp³-hybridized carbons (Fsp3) is 0.211. The maximum Gasteiger partial charge on any atom is 0.416 e. The molecule has 1 aliphatic heterocycles. The molecule has 7 nitrogen and oxygen atoms in total. The van der Waals surface area contributed by atoms with E-state index in [0.29, 0.717) is 16.9 Å². The van der Waals surface area contributed by atoms with E-state index in [-0.39, 0.29) is 18.1 Å². The van der Waals surface area contributed by atoms with Gasteiger partial charge in [-0.2, -0.15) is 18.0 Å². The number of halogens is 3. The number of hydrogen-bond acceptors (Lipinski definition) is 6. The number of tetrazole rings is 1. The van der Waals surface area contributed by atoms with Gasteiger partial charge in [0, 0.05) is 33.1 Å². The minimum atomic E-state index is -4.40. The molecule has 3 aromatic rings. The van der Waals surface area contributed by atoms with Crippen LogP contribution in [0.4, 0.5) is 24.5 Å². The molecule has 2 aromatic carbocycles. The van der Waals surface area contributed by atoms with Gasteiger partial charge in [-0.15, -0.1) is 10.2 Å². The molecule has 0 saturated carbocycles. The number of nitrogens with one attached hydrogen (secondary N) is 1. The maximum absolute atomic E-state index is 12.7. The van der Waals surface area contributed by atoms with Crippen molar-refractivity contribution in [3.63, 3.8) is 0 Å². The van der Waals surface area contributed by atoms with E-state index in [1.807, 2.05) is 0 Å². The highest BCUT2D eigenvalue weighted by Gasteiger charge is 2.32. The first-order valence-corrected chi connectivity index (χ1v) is 10.2. The molecule has 0 spiro atoms. The summed E-state index contributed by atoms with van der Waals surface area (Å²) in [5, 5.41) is 27.1. The number of rotatable bonds is 5. The van der Waals surface area contributed by atoms with Crippen molar-refractivity contribution < 1.29 is 22.5 Å². The molecule has 11 heteroatoms. The number of para-hydroxylation sites is 1. The summed E-state index contributed by atoms with van der Waals surface area (Å²) in [6.45, 7) is -0.00323. The van der Waals surface area contributed by atoms with Gasteiger partial charge in [-0.05, 0) is 47.7 Å². The van der Waals surface area contributed by atoms with E-state index in [2.05, 4.69) is 20.7 Å². The second-order valence-electron chi connectivity index (χ2n) is 6.82. The molecule has 0 aliphatic carbocycles. The van der Waals surface area contributed by atoms with Crippen molar-refractivity contribution in [2.24, 2.45) is 0 Å². The molecule has 0 radical (unpaired) electrons. The van der Waals surface area contributed by atoms with Gasteiger partial charge in [0.05, 0.1) is 17.9 Å². The quantitative estimate of drug-likeness (QED) is 0.640. The van der Waals surface area contributed by atoms with Crippen LogP contribution < -0.4 is 5.32 Å². The first-order valence-electron chi connectivity index (χ1n) is 8.82. The predicted molar refractivity (Wildman–Crippen MR) is 105 cm³/mol. The number of aliphatic hydroxyl groups is 1. The molecule has 0 bridgehead atoms. The Bertz CT molecular complexity index is 1110. The minimum Gasteiger partial charge on any atom is -0.383 e. The van der Waals surface area contributed by atoms with Crippen molar-refractivity contribution in [1.29, 1.82) is 0 Å². The lowest BCUT2D eigenvalue weighted by atomic mass is 10.1. The van der Waals surface area contributed by atoms with Gasteiger partial charge in [0.25, 0.3) is 0 Å². The molecule has 2 N–H and O–H groups in total. The summed E-state index contributed by atoms with van der Waals surface area (Å²) in [6.07, 6.45) is -2.93. The molecule has 1 aliphatic rings. The first-order chi connectivity index (χ1) is 14.2. The molecule has 4 rings (SSSR count). The Kier molecular flexibility index (Phi) is 5.16. The average Bonchev–Trinajstić information content (AvgIpc) is 3.28. The fourth-order valence-electron chi connectivity index (χ4n) is 2.99. The first kappa shape index (κ1) is 20.2. The molecule has 0 saturated heterocycles. The van der Waals surface area contributed by atoms with E-state index in [9.17, 15) is 22.5 Å². The highest BCUT2D eigenvalue weighted by Crippen LogP contribution is 2.32. The zero-order valence-electron chi connectivity index (χ0n) is 15.4. The molecule has 156 valence electrons. The van der Waals surface area contributed by atoms with Crippen LogP contribution in [0.5, 0.6) is 0 Å². The predicted octanol–water partition coefficient (Wildman–Crippen LogP) is 3.11. The van der Waals surface area contributed by atoms with Crippen LogP contribution in [-0.2, 0) is 23.5 Å². The van der Waals surface area contributed by atoms with Gasteiger partial charge < -0.3 is 10.4 Å². The summed E-state index contributed by atoms with van der Waals surface area (Å²) in [4.78, 5) is 1.22. The van der Waals surface area contributed by atoms with Crippen molar-refractivity contribution in [3.05, 3.63) is 65.6 Å². The van der Waals surface area contributed by atoms with Crippen LogP contribution >= 0.6 is 0 Å². The van der Waals surface area contributed by atoms with Gasteiger partial charge in [-0.1, -0.05) is 12.1 Å². The van der Waals surface area contributed by atoms with E-state index in [1.54, 1.807) is 24.3 Å². The number of alkyl halides is 3. The highest BCUT2D eigenvalue weighted by molar-refractivity contribution is 7.88. The van der Waals surface area contributed by atoms with Crippen LogP contribution in [0, 0.1) is 0 Å². The van der Waals surface area contributed by atoms with Crippen molar-refractivity contribution in [2.75, 3.05) is 11.1 Å². The van der Waals surface area contributed by atoms with Gasteiger partial charge in [0.1, 0.15) is 5.60 Å². The number of anilines is 2. The Morgan fingerprint density at radius 2 is 1.90 bits per heavy atom. The van der Waals surface area contributed by atoms with Crippen molar-refractivity contribution in [3.8, 4) is 11.4 Å². The van der Waals surface area contributed by atoms with Crippen LogP contribution in [0.2, 0.25) is 0 Å². The highest BCUT2D eigenvalue weighted by atomic mass is 32.2. The van der Waals surface area contributed by atoms with Crippen LogP contribution in [0.3, 0.4) is 0 Å². The standard InChI is InChI=1S/C19H16F3N5O2S/c20-19(21,22)13-5-7-14(8-6-13)23-16-4-2-1-3-15(16)17-24-26-27(25-17)11-18(28)9-10-30(29)12-18/h1-10,23,28H,11-12H2. The summed E-state index contributed by atoms with van der Waals surface area (Å²) in [5.74, 6) is 0.340. The summed E-state index contributed by atoms with van der Waals surface area (Å²) < 4.78 is 49.7. The number of aromatic nitrogens is 4. The molecule has 1 aromatic heterocycles. The topological polar surface area (TPSA) is 92.9 Å². The van der Waals surface area contributed by atoms with E-state index in [4.69, 9.17) is 0 Å². The second kappa shape index (κ2) is 7.65. The van der Waals surface area contributed by atoms with E-state index < -0.39 is 28.1 Å². The smallest absolute Gasteiger partial charge is 0.383 e. The van der Waals surface area contributed by atoms with Crippen LogP contribution in [0.15, 0.2) is 60.0 Å². The number of hydrogen-bond donors (Lipinski definition) is 2.